The van der Waals surface area contributed by atoms with Crippen LogP contribution in [0, 0.1) is 5.92 Å². The highest BCUT2D eigenvalue weighted by Gasteiger charge is 2.24. The summed E-state index contributed by atoms with van der Waals surface area (Å²) in [6.45, 7) is 3.97. The third-order valence-electron chi connectivity index (χ3n) is 4.03. The van der Waals surface area contributed by atoms with Crippen LogP contribution in [0.25, 0.3) is 0 Å². The molecule has 6 nitrogen and oxygen atoms in total. The summed E-state index contributed by atoms with van der Waals surface area (Å²) in [7, 11) is 4.61. The minimum atomic E-state index is -0.127. The molecule has 1 aromatic carbocycles. The summed E-state index contributed by atoms with van der Waals surface area (Å²) in [5.74, 6) is 1.71. The highest BCUT2D eigenvalue weighted by Crippen LogP contribution is 2.38. The van der Waals surface area contributed by atoms with Gasteiger partial charge in [-0.25, -0.2) is 0 Å². The van der Waals surface area contributed by atoms with E-state index in [9.17, 15) is 4.79 Å². The number of hydrogen-bond acceptors (Lipinski definition) is 5. The van der Waals surface area contributed by atoms with Crippen LogP contribution >= 0.6 is 12.4 Å². The second-order valence-corrected chi connectivity index (χ2v) is 5.46. The van der Waals surface area contributed by atoms with Gasteiger partial charge in [0.1, 0.15) is 0 Å². The van der Waals surface area contributed by atoms with E-state index >= 15 is 0 Å². The minimum Gasteiger partial charge on any atom is -0.493 e. The number of amides is 1. The van der Waals surface area contributed by atoms with E-state index in [-0.39, 0.29) is 24.4 Å². The van der Waals surface area contributed by atoms with Crippen LogP contribution in [-0.2, 0) is 0 Å². The lowest BCUT2D eigenvalue weighted by Gasteiger charge is -2.30. The number of carbonyl (C=O) groups excluding carboxylic acids is 1. The quantitative estimate of drug-likeness (QED) is 0.853. The summed E-state index contributed by atoms with van der Waals surface area (Å²) in [6.07, 6.45) is 0.928. The summed E-state index contributed by atoms with van der Waals surface area (Å²) in [6, 6.07) is 3.51. The van der Waals surface area contributed by atoms with Gasteiger partial charge >= 0.3 is 0 Å². The van der Waals surface area contributed by atoms with Gasteiger partial charge < -0.3 is 24.8 Å². The smallest absolute Gasteiger partial charge is 0.251 e. The highest BCUT2D eigenvalue weighted by molar-refractivity contribution is 5.95. The molecule has 0 saturated carbocycles. The molecule has 0 spiro atoms. The van der Waals surface area contributed by atoms with E-state index < -0.39 is 0 Å². The van der Waals surface area contributed by atoms with E-state index in [0.717, 1.165) is 19.5 Å². The van der Waals surface area contributed by atoms with E-state index in [2.05, 4.69) is 17.6 Å². The number of benzene rings is 1. The molecule has 0 aromatic heterocycles. The van der Waals surface area contributed by atoms with E-state index in [4.69, 9.17) is 14.2 Å². The van der Waals surface area contributed by atoms with Crippen LogP contribution in [0.2, 0.25) is 0 Å². The fourth-order valence-corrected chi connectivity index (χ4v) is 2.69. The van der Waals surface area contributed by atoms with Crippen molar-refractivity contribution in [3.8, 4) is 17.2 Å². The van der Waals surface area contributed by atoms with Crippen molar-refractivity contribution in [3.05, 3.63) is 17.7 Å². The number of piperidine rings is 1. The van der Waals surface area contributed by atoms with E-state index in [1.54, 1.807) is 12.1 Å². The van der Waals surface area contributed by atoms with Crippen LogP contribution < -0.4 is 24.8 Å². The van der Waals surface area contributed by atoms with Crippen LogP contribution in [0.5, 0.6) is 17.2 Å². The number of hydrogen-bond donors (Lipinski definition) is 2. The second-order valence-electron chi connectivity index (χ2n) is 5.46. The molecule has 23 heavy (non-hydrogen) atoms. The van der Waals surface area contributed by atoms with Gasteiger partial charge in [0.25, 0.3) is 5.91 Å². The van der Waals surface area contributed by atoms with Gasteiger partial charge in [0, 0.05) is 11.6 Å². The van der Waals surface area contributed by atoms with Crippen molar-refractivity contribution in [1.29, 1.82) is 0 Å². The Morgan fingerprint density at radius 2 is 1.78 bits per heavy atom. The summed E-state index contributed by atoms with van der Waals surface area (Å²) in [4.78, 5) is 12.5. The lowest BCUT2D eigenvalue weighted by Crippen LogP contribution is -2.48. The first-order chi connectivity index (χ1) is 10.6. The Labute approximate surface area is 143 Å². The van der Waals surface area contributed by atoms with Gasteiger partial charge in [-0.2, -0.15) is 0 Å². The van der Waals surface area contributed by atoms with Crippen LogP contribution in [0.4, 0.5) is 0 Å². The summed E-state index contributed by atoms with van der Waals surface area (Å²) >= 11 is 0. The van der Waals surface area contributed by atoms with Crippen molar-refractivity contribution in [2.45, 2.75) is 19.4 Å². The fourth-order valence-electron chi connectivity index (χ4n) is 2.69. The zero-order chi connectivity index (χ0) is 16.1. The molecule has 2 N–H and O–H groups in total. The predicted octanol–water partition coefficient (Wildman–Crippen LogP) is 1.86. The number of halogens is 1. The van der Waals surface area contributed by atoms with Crippen molar-refractivity contribution < 1.29 is 19.0 Å². The van der Waals surface area contributed by atoms with E-state index in [1.165, 1.54) is 21.3 Å². The maximum Gasteiger partial charge on any atom is 0.251 e. The molecule has 1 aliphatic heterocycles. The van der Waals surface area contributed by atoms with Crippen molar-refractivity contribution >= 4 is 18.3 Å². The third kappa shape index (κ3) is 4.42. The normalized spacial score (nSPS) is 20.2. The molecule has 1 fully saturated rings. The maximum atomic E-state index is 12.5. The summed E-state index contributed by atoms with van der Waals surface area (Å²) < 4.78 is 15.8. The van der Waals surface area contributed by atoms with Crippen LogP contribution in [-0.4, -0.2) is 46.4 Å². The first kappa shape index (κ1) is 19.4. The molecule has 1 aromatic rings. The molecule has 2 atom stereocenters. The largest absolute Gasteiger partial charge is 0.493 e. The van der Waals surface area contributed by atoms with Crippen LogP contribution in [0.15, 0.2) is 12.1 Å². The standard InChI is InChI=1S/C16H24N2O4.ClH/c1-10-9-17-6-5-12(10)18-16(19)11-7-13(20-2)15(22-4)14(8-11)21-3;/h7-8,10,12,17H,5-6,9H2,1-4H3,(H,18,19);1H. The van der Waals surface area contributed by atoms with Gasteiger partial charge in [0.2, 0.25) is 5.75 Å². The average Bonchev–Trinajstić information content (AvgIpc) is 2.55. The molecule has 1 saturated heterocycles. The molecule has 2 unspecified atom stereocenters. The molecular weight excluding hydrogens is 320 g/mol. The molecule has 0 bridgehead atoms. The SMILES string of the molecule is COc1cc(C(=O)NC2CCNCC2C)cc(OC)c1OC.Cl. The molecule has 0 radical (unpaired) electrons. The zero-order valence-electron chi connectivity index (χ0n) is 14.0. The zero-order valence-corrected chi connectivity index (χ0v) is 14.8. The van der Waals surface area contributed by atoms with E-state index in [1.807, 2.05) is 0 Å². The Morgan fingerprint density at radius 1 is 1.17 bits per heavy atom. The van der Waals surface area contributed by atoms with Crippen LogP contribution in [0.3, 0.4) is 0 Å². The number of carbonyl (C=O) groups is 1. The third-order valence-corrected chi connectivity index (χ3v) is 4.03. The van der Waals surface area contributed by atoms with E-state index in [0.29, 0.717) is 28.7 Å². The molecule has 1 heterocycles. The monoisotopic (exact) mass is 344 g/mol. The molecule has 2 rings (SSSR count). The first-order valence-corrected chi connectivity index (χ1v) is 7.42. The van der Waals surface area contributed by atoms with Gasteiger partial charge in [0.15, 0.2) is 11.5 Å². The minimum absolute atomic E-state index is 0. The Bertz CT molecular complexity index is 514. The van der Waals surface area contributed by atoms with Crippen molar-refractivity contribution in [2.24, 2.45) is 5.92 Å². The van der Waals surface area contributed by atoms with Crippen LogP contribution in [0.1, 0.15) is 23.7 Å². The first-order valence-electron chi connectivity index (χ1n) is 7.42. The Kier molecular flexibility index (Phi) is 7.45. The van der Waals surface area contributed by atoms with Gasteiger partial charge in [0.05, 0.1) is 21.3 Å². The van der Waals surface area contributed by atoms with Crippen molar-refractivity contribution in [1.82, 2.24) is 10.6 Å². The molecule has 1 amide bonds. The van der Waals surface area contributed by atoms with Crippen molar-refractivity contribution in [2.75, 3.05) is 34.4 Å². The Hall–Kier alpha value is -1.66. The number of rotatable bonds is 5. The number of ether oxygens (including phenoxy) is 3. The second kappa shape index (κ2) is 8.84. The fraction of sp³-hybridized carbons (Fsp3) is 0.562. The Balaban J connectivity index is 0.00000264. The van der Waals surface area contributed by atoms with Gasteiger partial charge in [-0.1, -0.05) is 6.92 Å². The maximum absolute atomic E-state index is 12.5. The summed E-state index contributed by atoms with van der Waals surface area (Å²) in [5, 5.41) is 6.42. The molecule has 130 valence electrons. The predicted molar refractivity (Wildman–Crippen MR) is 91.3 cm³/mol. The molecule has 0 aliphatic carbocycles. The lowest BCUT2D eigenvalue weighted by atomic mass is 9.95. The molecule has 1 aliphatic rings. The molecule has 7 heteroatoms. The number of nitrogens with one attached hydrogen (secondary N) is 2. The topological polar surface area (TPSA) is 68.8 Å². The van der Waals surface area contributed by atoms with Gasteiger partial charge in [-0.3, -0.25) is 4.79 Å². The lowest BCUT2D eigenvalue weighted by molar-refractivity contribution is 0.0913. The van der Waals surface area contributed by atoms with Gasteiger partial charge in [-0.15, -0.1) is 12.4 Å². The van der Waals surface area contributed by atoms with Crippen molar-refractivity contribution in [3.63, 3.8) is 0 Å². The Morgan fingerprint density at radius 3 is 2.26 bits per heavy atom. The highest BCUT2D eigenvalue weighted by atomic mass is 35.5. The summed E-state index contributed by atoms with van der Waals surface area (Å²) in [5.41, 5.74) is 0.500. The average molecular weight is 345 g/mol. The number of methoxy groups -OCH3 is 3. The molecular formula is C16H25ClN2O4. The van der Waals surface area contributed by atoms with Gasteiger partial charge in [-0.05, 0) is 37.6 Å².